The first-order valence-corrected chi connectivity index (χ1v) is 8.45. The molecule has 6 heteroatoms. The Kier molecular flexibility index (Phi) is 6.75. The first kappa shape index (κ1) is 18.1. The summed E-state index contributed by atoms with van der Waals surface area (Å²) in [7, 11) is 0. The van der Waals surface area contributed by atoms with E-state index in [0.717, 1.165) is 6.42 Å². The van der Waals surface area contributed by atoms with E-state index in [4.69, 9.17) is 27.9 Å². The second-order valence-corrected chi connectivity index (χ2v) is 6.54. The standard InChI is InChI=1S/C17H21Cl2NO3/c1-12(21)13-4-2-8-20(11-13)17(22)5-3-9-23-16-7-6-14(18)10-15(16)19/h2,6-8,10,12-13,21H,3-5,9,11H2,1H3. The molecule has 4 nitrogen and oxygen atoms in total. The molecule has 1 N–H and O–H groups in total. The lowest BCUT2D eigenvalue weighted by molar-refractivity contribution is -0.130. The van der Waals surface area contributed by atoms with E-state index in [0.29, 0.717) is 41.8 Å². The highest BCUT2D eigenvalue weighted by atomic mass is 35.5. The van der Waals surface area contributed by atoms with Crippen LogP contribution in [0.2, 0.25) is 10.0 Å². The van der Waals surface area contributed by atoms with E-state index in [1.807, 2.05) is 6.08 Å². The van der Waals surface area contributed by atoms with Crippen molar-refractivity contribution in [1.82, 2.24) is 4.90 Å². The molecule has 0 spiro atoms. The summed E-state index contributed by atoms with van der Waals surface area (Å²) in [4.78, 5) is 13.9. The third-order valence-corrected chi connectivity index (χ3v) is 4.37. The molecule has 1 aromatic rings. The minimum Gasteiger partial charge on any atom is -0.492 e. The maximum absolute atomic E-state index is 12.2. The predicted octanol–water partition coefficient (Wildman–Crippen LogP) is 3.90. The highest BCUT2D eigenvalue weighted by Crippen LogP contribution is 2.27. The number of hydrogen-bond acceptors (Lipinski definition) is 3. The van der Waals surface area contributed by atoms with Gasteiger partial charge in [-0.2, -0.15) is 0 Å². The molecule has 0 fully saturated rings. The summed E-state index contributed by atoms with van der Waals surface area (Å²) in [5, 5.41) is 10.7. The Morgan fingerprint density at radius 1 is 1.48 bits per heavy atom. The highest BCUT2D eigenvalue weighted by Gasteiger charge is 2.23. The number of rotatable bonds is 6. The molecule has 2 rings (SSSR count). The van der Waals surface area contributed by atoms with E-state index < -0.39 is 6.10 Å². The first-order chi connectivity index (χ1) is 11.0. The molecule has 1 aliphatic heterocycles. The van der Waals surface area contributed by atoms with Crippen LogP contribution in [0.25, 0.3) is 0 Å². The number of ether oxygens (including phenoxy) is 1. The van der Waals surface area contributed by atoms with E-state index in [2.05, 4.69) is 0 Å². The quantitative estimate of drug-likeness (QED) is 0.785. The van der Waals surface area contributed by atoms with Gasteiger partial charge in [0.1, 0.15) is 5.75 Å². The molecule has 23 heavy (non-hydrogen) atoms. The highest BCUT2D eigenvalue weighted by molar-refractivity contribution is 6.35. The van der Waals surface area contributed by atoms with Gasteiger partial charge in [0, 0.05) is 30.1 Å². The molecule has 0 saturated heterocycles. The molecule has 0 radical (unpaired) electrons. The van der Waals surface area contributed by atoms with Crippen molar-refractivity contribution in [2.24, 2.45) is 5.92 Å². The van der Waals surface area contributed by atoms with Crippen LogP contribution in [0.15, 0.2) is 30.5 Å². The zero-order valence-corrected chi connectivity index (χ0v) is 14.6. The number of nitrogens with zero attached hydrogens (tertiary/aromatic N) is 1. The molecule has 0 aromatic heterocycles. The maximum atomic E-state index is 12.2. The SMILES string of the molecule is CC(O)C1CC=CN(C(=O)CCCOc2ccc(Cl)cc2Cl)C1. The molecular formula is C17H21Cl2NO3. The van der Waals surface area contributed by atoms with Gasteiger partial charge < -0.3 is 14.7 Å². The largest absolute Gasteiger partial charge is 0.492 e. The van der Waals surface area contributed by atoms with Crippen LogP contribution >= 0.6 is 23.2 Å². The van der Waals surface area contributed by atoms with Gasteiger partial charge in [-0.25, -0.2) is 0 Å². The number of aliphatic hydroxyl groups is 1. The van der Waals surface area contributed by atoms with Crippen molar-refractivity contribution in [1.29, 1.82) is 0 Å². The van der Waals surface area contributed by atoms with Crippen molar-refractivity contribution in [3.8, 4) is 5.75 Å². The fourth-order valence-electron chi connectivity index (χ4n) is 2.43. The summed E-state index contributed by atoms with van der Waals surface area (Å²) in [6.07, 6.45) is 5.12. The first-order valence-electron chi connectivity index (χ1n) is 7.69. The van der Waals surface area contributed by atoms with Gasteiger partial charge in [-0.1, -0.05) is 29.3 Å². The molecule has 0 bridgehead atoms. The molecular weight excluding hydrogens is 337 g/mol. The Balaban J connectivity index is 1.74. The van der Waals surface area contributed by atoms with Crippen molar-refractivity contribution < 1.29 is 14.6 Å². The number of hydrogen-bond donors (Lipinski definition) is 1. The van der Waals surface area contributed by atoms with Crippen molar-refractivity contribution in [2.45, 2.75) is 32.3 Å². The lowest BCUT2D eigenvalue weighted by Gasteiger charge is -2.29. The van der Waals surface area contributed by atoms with Crippen LogP contribution in [-0.2, 0) is 4.79 Å². The monoisotopic (exact) mass is 357 g/mol. The lowest BCUT2D eigenvalue weighted by Crippen LogP contribution is -2.37. The minimum absolute atomic E-state index is 0.0393. The molecule has 1 amide bonds. The van der Waals surface area contributed by atoms with Crippen LogP contribution in [0.3, 0.4) is 0 Å². The van der Waals surface area contributed by atoms with Gasteiger partial charge in [0.15, 0.2) is 0 Å². The topological polar surface area (TPSA) is 49.8 Å². The van der Waals surface area contributed by atoms with Crippen LogP contribution in [-0.4, -0.2) is 35.2 Å². The number of carbonyl (C=O) groups is 1. The maximum Gasteiger partial charge on any atom is 0.226 e. The number of benzene rings is 1. The molecule has 0 aliphatic carbocycles. The summed E-state index contributed by atoms with van der Waals surface area (Å²) < 4.78 is 5.57. The molecule has 0 saturated carbocycles. The van der Waals surface area contributed by atoms with Gasteiger partial charge in [-0.3, -0.25) is 4.79 Å². The van der Waals surface area contributed by atoms with Crippen LogP contribution in [0.5, 0.6) is 5.75 Å². The number of allylic oxidation sites excluding steroid dienone is 1. The summed E-state index contributed by atoms with van der Waals surface area (Å²) in [6, 6.07) is 5.05. The van der Waals surface area contributed by atoms with Gasteiger partial charge in [0.2, 0.25) is 5.91 Å². The molecule has 1 aromatic carbocycles. The summed E-state index contributed by atoms with van der Waals surface area (Å²) in [5.74, 6) is 0.709. The average Bonchev–Trinajstić information content (AvgIpc) is 2.53. The minimum atomic E-state index is -0.411. The Morgan fingerprint density at radius 3 is 2.96 bits per heavy atom. The summed E-state index contributed by atoms with van der Waals surface area (Å²) >= 11 is 11.8. The summed E-state index contributed by atoms with van der Waals surface area (Å²) in [5.41, 5.74) is 0. The Bertz CT molecular complexity index is 575. The van der Waals surface area contributed by atoms with Gasteiger partial charge in [-0.05, 0) is 38.0 Å². The Morgan fingerprint density at radius 2 is 2.26 bits per heavy atom. The molecule has 1 heterocycles. The zero-order valence-electron chi connectivity index (χ0n) is 13.0. The second-order valence-electron chi connectivity index (χ2n) is 5.69. The number of amides is 1. The van der Waals surface area contributed by atoms with Crippen molar-refractivity contribution in [3.63, 3.8) is 0 Å². The van der Waals surface area contributed by atoms with Crippen LogP contribution in [0.1, 0.15) is 26.2 Å². The third kappa shape index (κ3) is 5.41. The van der Waals surface area contributed by atoms with Crippen LogP contribution in [0, 0.1) is 5.92 Å². The van der Waals surface area contributed by atoms with E-state index >= 15 is 0 Å². The number of aliphatic hydroxyl groups excluding tert-OH is 1. The number of halogens is 2. The van der Waals surface area contributed by atoms with E-state index in [1.165, 1.54) is 0 Å². The van der Waals surface area contributed by atoms with Gasteiger partial charge in [0.05, 0.1) is 17.7 Å². The summed E-state index contributed by atoms with van der Waals surface area (Å²) in [6.45, 7) is 2.73. The second kappa shape index (κ2) is 8.57. The van der Waals surface area contributed by atoms with Crippen LogP contribution < -0.4 is 4.74 Å². The van der Waals surface area contributed by atoms with Gasteiger partial charge >= 0.3 is 0 Å². The average molecular weight is 358 g/mol. The number of carbonyl (C=O) groups excluding carboxylic acids is 1. The van der Waals surface area contributed by atoms with Gasteiger partial charge in [-0.15, -0.1) is 0 Å². The van der Waals surface area contributed by atoms with Crippen molar-refractivity contribution in [2.75, 3.05) is 13.2 Å². The van der Waals surface area contributed by atoms with E-state index in [9.17, 15) is 9.90 Å². The van der Waals surface area contributed by atoms with Crippen LogP contribution in [0.4, 0.5) is 0 Å². The van der Waals surface area contributed by atoms with Crippen molar-refractivity contribution in [3.05, 3.63) is 40.5 Å². The smallest absolute Gasteiger partial charge is 0.226 e. The Hall–Kier alpha value is -1.23. The van der Waals surface area contributed by atoms with E-state index in [-0.39, 0.29) is 11.8 Å². The molecule has 126 valence electrons. The fourth-order valence-corrected chi connectivity index (χ4v) is 2.89. The van der Waals surface area contributed by atoms with Gasteiger partial charge in [0.25, 0.3) is 0 Å². The molecule has 2 atom stereocenters. The lowest BCUT2D eigenvalue weighted by atomic mass is 9.96. The molecule has 2 unspecified atom stereocenters. The third-order valence-electron chi connectivity index (χ3n) is 3.84. The zero-order chi connectivity index (χ0) is 16.8. The van der Waals surface area contributed by atoms with Crippen molar-refractivity contribution >= 4 is 29.1 Å². The fraction of sp³-hybridized carbons (Fsp3) is 0.471. The van der Waals surface area contributed by atoms with E-state index in [1.54, 1.807) is 36.2 Å². The predicted molar refractivity (Wildman–Crippen MR) is 91.8 cm³/mol. The Labute approximate surface area is 146 Å². The molecule has 1 aliphatic rings. The normalized spacial score (nSPS) is 18.8.